The van der Waals surface area contributed by atoms with Crippen LogP contribution in [-0.2, 0) is 6.42 Å². The summed E-state index contributed by atoms with van der Waals surface area (Å²) in [6.45, 7) is 0. The summed E-state index contributed by atoms with van der Waals surface area (Å²) in [5.41, 5.74) is 0.399. The van der Waals surface area contributed by atoms with Crippen molar-refractivity contribution in [3.63, 3.8) is 0 Å². The molecule has 0 N–H and O–H groups in total. The summed E-state index contributed by atoms with van der Waals surface area (Å²) in [5, 5.41) is 7.66. The van der Waals surface area contributed by atoms with Gasteiger partial charge < -0.3 is 4.42 Å². The van der Waals surface area contributed by atoms with Gasteiger partial charge in [-0.2, -0.15) is 0 Å². The third-order valence-electron chi connectivity index (χ3n) is 2.17. The van der Waals surface area contributed by atoms with Gasteiger partial charge in [0.2, 0.25) is 11.8 Å². The molecule has 0 saturated carbocycles. The molecular formula is C11H9Cl2FN2O. The van der Waals surface area contributed by atoms with Gasteiger partial charge in [-0.15, -0.1) is 21.8 Å². The van der Waals surface area contributed by atoms with Crippen LogP contribution >= 0.6 is 23.2 Å². The fourth-order valence-electron chi connectivity index (χ4n) is 1.35. The predicted molar refractivity (Wildman–Crippen MR) is 63.7 cm³/mol. The molecule has 0 spiro atoms. The smallest absolute Gasteiger partial charge is 0.249 e. The molecule has 3 nitrogen and oxygen atoms in total. The number of aryl methyl sites for hydroxylation is 1. The van der Waals surface area contributed by atoms with Gasteiger partial charge in [-0.3, -0.25) is 0 Å². The number of hydrogen-bond donors (Lipinski definition) is 0. The van der Waals surface area contributed by atoms with E-state index in [9.17, 15) is 4.39 Å². The SMILES string of the molecule is Fc1cccc(-c2nnc(CCCCl)o2)c1Cl. The van der Waals surface area contributed by atoms with Gasteiger partial charge in [-0.05, 0) is 18.6 Å². The van der Waals surface area contributed by atoms with Crippen molar-refractivity contribution in [3.05, 3.63) is 34.9 Å². The first-order chi connectivity index (χ1) is 8.22. The maximum atomic E-state index is 13.2. The number of benzene rings is 1. The Labute approximate surface area is 108 Å². The molecule has 2 rings (SSSR count). The van der Waals surface area contributed by atoms with Crippen LogP contribution in [0.4, 0.5) is 4.39 Å². The summed E-state index contributed by atoms with van der Waals surface area (Å²) in [6.07, 6.45) is 1.35. The van der Waals surface area contributed by atoms with Gasteiger partial charge >= 0.3 is 0 Å². The van der Waals surface area contributed by atoms with Crippen LogP contribution in [0.15, 0.2) is 22.6 Å². The minimum absolute atomic E-state index is 0.0138. The molecule has 1 aromatic carbocycles. The van der Waals surface area contributed by atoms with E-state index in [1.165, 1.54) is 6.07 Å². The summed E-state index contributed by atoms with van der Waals surface area (Å²) in [6, 6.07) is 4.44. The molecule has 0 atom stereocenters. The van der Waals surface area contributed by atoms with Crippen LogP contribution < -0.4 is 0 Å². The molecule has 0 aliphatic rings. The van der Waals surface area contributed by atoms with E-state index < -0.39 is 5.82 Å². The minimum atomic E-state index is -0.510. The van der Waals surface area contributed by atoms with Gasteiger partial charge in [0, 0.05) is 12.3 Å². The summed E-state index contributed by atoms with van der Waals surface area (Å²) < 4.78 is 18.6. The monoisotopic (exact) mass is 274 g/mol. The maximum absolute atomic E-state index is 13.2. The van der Waals surface area contributed by atoms with E-state index in [2.05, 4.69) is 10.2 Å². The van der Waals surface area contributed by atoms with Crippen LogP contribution in [0.3, 0.4) is 0 Å². The van der Waals surface area contributed by atoms with Crippen molar-refractivity contribution in [1.29, 1.82) is 0 Å². The van der Waals surface area contributed by atoms with Crippen molar-refractivity contribution in [2.45, 2.75) is 12.8 Å². The van der Waals surface area contributed by atoms with Crippen LogP contribution in [0.1, 0.15) is 12.3 Å². The zero-order valence-electron chi connectivity index (χ0n) is 8.79. The molecule has 0 bridgehead atoms. The zero-order chi connectivity index (χ0) is 12.3. The highest BCUT2D eigenvalue weighted by molar-refractivity contribution is 6.33. The van der Waals surface area contributed by atoms with Crippen LogP contribution in [0, 0.1) is 5.82 Å². The third kappa shape index (κ3) is 2.76. The van der Waals surface area contributed by atoms with Crippen molar-refractivity contribution >= 4 is 23.2 Å². The average molecular weight is 275 g/mol. The molecule has 0 aliphatic carbocycles. The van der Waals surface area contributed by atoms with E-state index in [4.69, 9.17) is 27.6 Å². The zero-order valence-corrected chi connectivity index (χ0v) is 10.3. The second kappa shape index (κ2) is 5.47. The number of nitrogens with zero attached hydrogens (tertiary/aromatic N) is 2. The largest absolute Gasteiger partial charge is 0.421 e. The molecule has 90 valence electrons. The second-order valence-electron chi connectivity index (χ2n) is 3.39. The highest BCUT2D eigenvalue weighted by Crippen LogP contribution is 2.28. The number of alkyl halides is 1. The Morgan fingerprint density at radius 1 is 1.29 bits per heavy atom. The van der Waals surface area contributed by atoms with Gasteiger partial charge in [-0.1, -0.05) is 17.7 Å². The standard InChI is InChI=1S/C11H9Cl2FN2O/c12-6-2-5-9-15-16-11(17-9)7-3-1-4-8(14)10(7)13/h1,3-4H,2,5-6H2. The fraction of sp³-hybridized carbons (Fsp3) is 0.273. The minimum Gasteiger partial charge on any atom is -0.421 e. The number of hydrogen-bond acceptors (Lipinski definition) is 3. The highest BCUT2D eigenvalue weighted by Gasteiger charge is 2.14. The second-order valence-corrected chi connectivity index (χ2v) is 4.15. The lowest BCUT2D eigenvalue weighted by Gasteiger charge is -1.99. The molecule has 17 heavy (non-hydrogen) atoms. The summed E-state index contributed by atoms with van der Waals surface area (Å²) >= 11 is 11.4. The molecule has 0 aliphatic heterocycles. The van der Waals surface area contributed by atoms with Gasteiger partial charge in [0.05, 0.1) is 10.6 Å². The quantitative estimate of drug-likeness (QED) is 0.798. The number of rotatable bonds is 4. The molecule has 2 aromatic rings. The Morgan fingerprint density at radius 3 is 2.88 bits per heavy atom. The van der Waals surface area contributed by atoms with Gasteiger partial charge in [0.15, 0.2) is 0 Å². The summed E-state index contributed by atoms with van der Waals surface area (Å²) in [7, 11) is 0. The van der Waals surface area contributed by atoms with Crippen LogP contribution in [0.5, 0.6) is 0 Å². The van der Waals surface area contributed by atoms with E-state index in [1.807, 2.05) is 0 Å². The molecule has 6 heteroatoms. The van der Waals surface area contributed by atoms with E-state index in [0.717, 1.165) is 6.42 Å². The van der Waals surface area contributed by atoms with E-state index in [0.29, 0.717) is 23.8 Å². The van der Waals surface area contributed by atoms with Crippen molar-refractivity contribution in [1.82, 2.24) is 10.2 Å². The molecular weight excluding hydrogens is 266 g/mol. The lowest BCUT2D eigenvalue weighted by molar-refractivity contribution is 0.502. The molecule has 1 heterocycles. The molecule has 0 saturated heterocycles. The first-order valence-corrected chi connectivity index (χ1v) is 5.96. The molecule has 0 radical (unpaired) electrons. The molecule has 0 unspecified atom stereocenters. The Hall–Kier alpha value is -1.13. The van der Waals surface area contributed by atoms with E-state index in [-0.39, 0.29) is 10.9 Å². The van der Waals surface area contributed by atoms with E-state index in [1.54, 1.807) is 12.1 Å². The highest BCUT2D eigenvalue weighted by atomic mass is 35.5. The van der Waals surface area contributed by atoms with Crippen LogP contribution in [0.2, 0.25) is 5.02 Å². The van der Waals surface area contributed by atoms with Gasteiger partial charge in [-0.25, -0.2) is 4.39 Å². The Bertz CT molecular complexity index is 516. The Morgan fingerprint density at radius 2 is 2.12 bits per heavy atom. The van der Waals surface area contributed by atoms with Crippen molar-refractivity contribution < 1.29 is 8.81 Å². The van der Waals surface area contributed by atoms with Crippen molar-refractivity contribution in [2.24, 2.45) is 0 Å². The topological polar surface area (TPSA) is 38.9 Å². The lowest BCUT2D eigenvalue weighted by atomic mass is 10.2. The predicted octanol–water partition coefficient (Wildman–Crippen LogP) is 3.70. The van der Waals surface area contributed by atoms with E-state index >= 15 is 0 Å². The van der Waals surface area contributed by atoms with Gasteiger partial charge in [0.25, 0.3) is 0 Å². The first-order valence-electron chi connectivity index (χ1n) is 5.05. The van der Waals surface area contributed by atoms with Crippen LogP contribution in [0.25, 0.3) is 11.5 Å². The number of halogens is 3. The molecule has 0 fully saturated rings. The van der Waals surface area contributed by atoms with Crippen molar-refractivity contribution in [2.75, 3.05) is 5.88 Å². The summed E-state index contributed by atoms with van der Waals surface area (Å²) in [4.78, 5) is 0. The summed E-state index contributed by atoms with van der Waals surface area (Å²) in [5.74, 6) is 0.711. The number of aromatic nitrogens is 2. The normalized spacial score (nSPS) is 10.8. The molecule has 0 amide bonds. The Kier molecular flexibility index (Phi) is 3.97. The Balaban J connectivity index is 2.27. The molecule has 1 aromatic heterocycles. The third-order valence-corrected chi connectivity index (χ3v) is 2.82. The van der Waals surface area contributed by atoms with Crippen LogP contribution in [-0.4, -0.2) is 16.1 Å². The maximum Gasteiger partial charge on any atom is 0.249 e. The lowest BCUT2D eigenvalue weighted by Crippen LogP contribution is -1.85. The average Bonchev–Trinajstić information content (AvgIpc) is 2.78. The van der Waals surface area contributed by atoms with Crippen molar-refractivity contribution in [3.8, 4) is 11.5 Å². The van der Waals surface area contributed by atoms with Gasteiger partial charge in [0.1, 0.15) is 5.82 Å². The first kappa shape index (κ1) is 12.3. The fourth-order valence-corrected chi connectivity index (χ4v) is 1.69.